The van der Waals surface area contributed by atoms with Gasteiger partial charge < -0.3 is 10.2 Å². The molecule has 174 valence electrons. The van der Waals surface area contributed by atoms with Gasteiger partial charge in [0.1, 0.15) is 22.2 Å². The average molecular weight is 519 g/mol. The van der Waals surface area contributed by atoms with E-state index in [1.807, 2.05) is 0 Å². The van der Waals surface area contributed by atoms with Gasteiger partial charge in [-0.25, -0.2) is 18.9 Å². The minimum atomic E-state index is -4.98. The van der Waals surface area contributed by atoms with Crippen molar-refractivity contribution in [2.75, 3.05) is 0 Å². The van der Waals surface area contributed by atoms with E-state index in [0.29, 0.717) is 4.57 Å². The van der Waals surface area contributed by atoms with Gasteiger partial charge in [-0.3, -0.25) is 9.13 Å². The highest BCUT2D eigenvalue weighted by Gasteiger charge is 2.39. The Balaban J connectivity index is 2.06. The Bertz CT molecular complexity index is 1210. The quantitative estimate of drug-likeness (QED) is 0.488. The molecule has 8 nitrogen and oxygen atoms in total. The fourth-order valence-electron chi connectivity index (χ4n) is 2.71. The highest BCUT2D eigenvalue weighted by Crippen LogP contribution is 2.26. The first-order valence-corrected chi connectivity index (χ1v) is 9.93. The SMILES string of the molecule is C[C@H](O)c1nc(Cn2c(Cl)c(Cl)n(CC(O)C(F)(F)F)c2=O)n(-c2ccc(F)c(Cl)c2)n1. The lowest BCUT2D eigenvalue weighted by molar-refractivity contribution is -0.207. The maximum Gasteiger partial charge on any atom is 0.416 e. The highest BCUT2D eigenvalue weighted by molar-refractivity contribution is 6.40. The first-order valence-electron chi connectivity index (χ1n) is 8.79. The monoisotopic (exact) mass is 517 g/mol. The number of hydrogen-bond acceptors (Lipinski definition) is 5. The summed E-state index contributed by atoms with van der Waals surface area (Å²) in [5, 5.41) is 22.1. The van der Waals surface area contributed by atoms with Crippen LogP contribution in [0, 0.1) is 5.82 Å². The van der Waals surface area contributed by atoms with Crippen LogP contribution >= 0.6 is 34.8 Å². The number of aliphatic hydroxyl groups excluding tert-OH is 2. The standard InChI is InChI=1S/C17H14Cl3F4N5O3/c1-7(30)15-25-12(29(26-15)8-2-3-10(21)9(18)4-8)6-28-14(20)13(19)27(16(28)32)5-11(31)17(22,23)24/h2-4,7,11,30-31H,5-6H2,1H3/t7-,11?/m0/s1. The Morgan fingerprint density at radius 1 is 1.12 bits per heavy atom. The number of aliphatic hydroxyl groups is 2. The third kappa shape index (κ3) is 4.79. The fraction of sp³-hybridized carbons (Fsp3) is 0.353. The zero-order chi connectivity index (χ0) is 24.0. The molecule has 2 aromatic heterocycles. The summed E-state index contributed by atoms with van der Waals surface area (Å²) < 4.78 is 54.1. The van der Waals surface area contributed by atoms with Gasteiger partial charge in [-0.1, -0.05) is 34.8 Å². The zero-order valence-electron chi connectivity index (χ0n) is 16.0. The Morgan fingerprint density at radius 3 is 2.31 bits per heavy atom. The Labute approximate surface area is 192 Å². The maximum absolute atomic E-state index is 13.5. The first kappa shape index (κ1) is 24.5. The van der Waals surface area contributed by atoms with Gasteiger partial charge in [-0.15, -0.1) is 5.10 Å². The molecule has 0 aliphatic heterocycles. The molecule has 32 heavy (non-hydrogen) atoms. The van der Waals surface area contributed by atoms with Gasteiger partial charge in [0.15, 0.2) is 17.8 Å². The molecule has 0 saturated carbocycles. The van der Waals surface area contributed by atoms with Crippen molar-refractivity contribution in [1.29, 1.82) is 0 Å². The number of halogens is 7. The smallest absolute Gasteiger partial charge is 0.385 e. The van der Waals surface area contributed by atoms with Crippen LogP contribution in [-0.2, 0) is 13.1 Å². The second-order valence-electron chi connectivity index (χ2n) is 6.69. The molecular weight excluding hydrogens is 505 g/mol. The Morgan fingerprint density at radius 2 is 1.75 bits per heavy atom. The molecular formula is C17H14Cl3F4N5O3. The summed E-state index contributed by atoms with van der Waals surface area (Å²) in [6, 6.07) is 3.60. The predicted octanol–water partition coefficient (Wildman–Crippen LogP) is 3.35. The van der Waals surface area contributed by atoms with Gasteiger partial charge in [-0.2, -0.15) is 13.2 Å². The number of aromatic nitrogens is 5. The number of benzene rings is 1. The number of alkyl halides is 3. The van der Waals surface area contributed by atoms with Crippen molar-refractivity contribution in [3.05, 3.63) is 61.5 Å². The summed E-state index contributed by atoms with van der Waals surface area (Å²) >= 11 is 17.8. The lowest BCUT2D eigenvalue weighted by Crippen LogP contribution is -2.37. The molecule has 0 bridgehead atoms. The van der Waals surface area contributed by atoms with Crippen molar-refractivity contribution in [1.82, 2.24) is 23.9 Å². The van der Waals surface area contributed by atoms with E-state index in [0.717, 1.165) is 15.3 Å². The van der Waals surface area contributed by atoms with Gasteiger partial charge in [0.05, 0.1) is 23.8 Å². The molecule has 0 saturated heterocycles. The highest BCUT2D eigenvalue weighted by atomic mass is 35.5. The molecule has 0 spiro atoms. The molecule has 0 aliphatic carbocycles. The third-order valence-corrected chi connectivity index (χ3v) is 5.50. The number of rotatable bonds is 6. The van der Waals surface area contributed by atoms with Crippen molar-refractivity contribution in [2.24, 2.45) is 0 Å². The van der Waals surface area contributed by atoms with Crippen LogP contribution in [0.5, 0.6) is 0 Å². The molecule has 2 N–H and O–H groups in total. The average Bonchev–Trinajstić information content (AvgIpc) is 3.21. The second kappa shape index (κ2) is 9.02. The molecule has 3 aromatic rings. The van der Waals surface area contributed by atoms with Gasteiger partial charge in [-0.05, 0) is 25.1 Å². The topological polar surface area (TPSA) is 98.1 Å². The lowest BCUT2D eigenvalue weighted by atomic mass is 10.3. The van der Waals surface area contributed by atoms with E-state index in [4.69, 9.17) is 34.8 Å². The lowest BCUT2D eigenvalue weighted by Gasteiger charge is -2.14. The second-order valence-corrected chi connectivity index (χ2v) is 7.81. The molecule has 1 unspecified atom stereocenters. The Hall–Kier alpha value is -2.12. The molecule has 0 fully saturated rings. The van der Waals surface area contributed by atoms with E-state index in [2.05, 4.69) is 10.1 Å². The van der Waals surface area contributed by atoms with Gasteiger partial charge >= 0.3 is 11.9 Å². The summed E-state index contributed by atoms with van der Waals surface area (Å²) in [4.78, 5) is 16.8. The summed E-state index contributed by atoms with van der Waals surface area (Å²) in [5.41, 5.74) is -0.818. The third-order valence-electron chi connectivity index (χ3n) is 4.35. The number of nitrogens with zero attached hydrogens (tertiary/aromatic N) is 5. The molecule has 2 atom stereocenters. The van der Waals surface area contributed by atoms with Crippen molar-refractivity contribution < 1.29 is 27.8 Å². The Kier molecular flexibility index (Phi) is 6.91. The van der Waals surface area contributed by atoms with E-state index in [1.54, 1.807) is 0 Å². The maximum atomic E-state index is 13.5. The summed E-state index contributed by atoms with van der Waals surface area (Å²) in [5.74, 6) is -0.737. The van der Waals surface area contributed by atoms with Crippen molar-refractivity contribution in [3.63, 3.8) is 0 Å². The van der Waals surface area contributed by atoms with E-state index in [1.165, 1.54) is 19.1 Å². The van der Waals surface area contributed by atoms with Crippen molar-refractivity contribution >= 4 is 34.8 Å². The van der Waals surface area contributed by atoms with E-state index in [-0.39, 0.29) is 22.4 Å². The van der Waals surface area contributed by atoms with Gasteiger partial charge in [0.2, 0.25) is 0 Å². The van der Waals surface area contributed by atoms with Crippen LogP contribution < -0.4 is 5.69 Å². The predicted molar refractivity (Wildman–Crippen MR) is 107 cm³/mol. The first-order chi connectivity index (χ1) is 14.8. The number of imidazole rings is 1. The van der Waals surface area contributed by atoms with Crippen LogP contribution in [0.2, 0.25) is 15.3 Å². The number of hydrogen-bond donors (Lipinski definition) is 2. The molecule has 0 aliphatic rings. The molecule has 2 heterocycles. The van der Waals surface area contributed by atoms with E-state index >= 15 is 0 Å². The van der Waals surface area contributed by atoms with Crippen LogP contribution in [0.15, 0.2) is 23.0 Å². The van der Waals surface area contributed by atoms with Crippen molar-refractivity contribution in [2.45, 2.75) is 38.4 Å². The van der Waals surface area contributed by atoms with Crippen LogP contribution in [0.25, 0.3) is 5.69 Å². The van der Waals surface area contributed by atoms with Crippen LogP contribution in [0.1, 0.15) is 24.7 Å². The van der Waals surface area contributed by atoms with Gasteiger partial charge in [0.25, 0.3) is 0 Å². The molecule has 3 rings (SSSR count). The molecule has 1 aromatic carbocycles. The van der Waals surface area contributed by atoms with Gasteiger partial charge in [0, 0.05) is 0 Å². The minimum Gasteiger partial charge on any atom is -0.385 e. The normalized spacial score (nSPS) is 14.1. The minimum absolute atomic E-state index is 0.0118. The molecule has 15 heteroatoms. The summed E-state index contributed by atoms with van der Waals surface area (Å²) in [6.45, 7) is -0.222. The van der Waals surface area contributed by atoms with Crippen LogP contribution in [0.3, 0.4) is 0 Å². The zero-order valence-corrected chi connectivity index (χ0v) is 18.3. The molecule has 0 amide bonds. The van der Waals surface area contributed by atoms with E-state index < -0.39 is 53.3 Å². The molecule has 0 radical (unpaired) electrons. The van der Waals surface area contributed by atoms with E-state index in [9.17, 15) is 32.6 Å². The fourth-order valence-corrected chi connectivity index (χ4v) is 3.37. The van der Waals surface area contributed by atoms with Crippen molar-refractivity contribution in [3.8, 4) is 5.69 Å². The van der Waals surface area contributed by atoms with Crippen LogP contribution in [-0.4, -0.2) is 46.4 Å². The van der Waals surface area contributed by atoms with Crippen LogP contribution in [0.4, 0.5) is 17.6 Å². The summed E-state index contributed by atoms with van der Waals surface area (Å²) in [7, 11) is 0. The largest absolute Gasteiger partial charge is 0.416 e. The summed E-state index contributed by atoms with van der Waals surface area (Å²) in [6.07, 6.45) is -8.95.